The second-order valence-electron chi connectivity index (χ2n) is 4.39. The van der Waals surface area contributed by atoms with Gasteiger partial charge in [-0.25, -0.2) is 4.79 Å². The number of H-pyrrole nitrogens is 1. The van der Waals surface area contributed by atoms with Gasteiger partial charge < -0.3 is 5.11 Å². The van der Waals surface area contributed by atoms with Crippen molar-refractivity contribution < 1.29 is 9.90 Å². The van der Waals surface area contributed by atoms with Crippen LogP contribution in [0.15, 0.2) is 18.2 Å². The Morgan fingerprint density at radius 1 is 1.50 bits per heavy atom. The summed E-state index contributed by atoms with van der Waals surface area (Å²) in [5.74, 6) is -0.127. The van der Waals surface area contributed by atoms with E-state index >= 15 is 0 Å². The van der Waals surface area contributed by atoms with Crippen LogP contribution in [0.3, 0.4) is 0 Å². The number of hydrogen-bond donors (Lipinski definition) is 2. The van der Waals surface area contributed by atoms with Gasteiger partial charge in [0.05, 0.1) is 11.1 Å². The molecule has 4 heteroatoms. The normalized spacial score (nSPS) is 15.5. The number of carbonyl (C=O) groups is 1. The number of carboxylic acids is 1. The van der Waals surface area contributed by atoms with E-state index < -0.39 is 5.97 Å². The first kappa shape index (κ1) is 9.39. The zero-order valence-corrected chi connectivity index (χ0v) is 8.73. The van der Waals surface area contributed by atoms with Gasteiger partial charge in [-0.3, -0.25) is 5.10 Å². The number of carboxylic acid groups (broad SMARTS) is 1. The molecule has 1 aromatic carbocycles. The molecule has 0 bridgehead atoms. The molecule has 16 heavy (non-hydrogen) atoms. The molecule has 3 rings (SSSR count). The average molecular weight is 216 g/mol. The van der Waals surface area contributed by atoms with E-state index in [9.17, 15) is 4.79 Å². The monoisotopic (exact) mass is 216 g/mol. The minimum Gasteiger partial charge on any atom is -0.478 e. The number of aromatic carboxylic acids is 1. The van der Waals surface area contributed by atoms with E-state index in [0.717, 1.165) is 28.9 Å². The quantitative estimate of drug-likeness (QED) is 0.826. The highest BCUT2D eigenvalue weighted by Crippen LogP contribution is 2.33. The second-order valence-corrected chi connectivity index (χ2v) is 4.39. The molecular weight excluding hydrogens is 204 g/mol. The van der Waals surface area contributed by atoms with Crippen molar-refractivity contribution in [1.29, 1.82) is 0 Å². The van der Waals surface area contributed by atoms with E-state index in [2.05, 4.69) is 10.2 Å². The Balaban J connectivity index is 2.07. The molecule has 0 spiro atoms. The van der Waals surface area contributed by atoms with E-state index in [0.29, 0.717) is 5.56 Å². The third kappa shape index (κ3) is 1.56. The van der Waals surface area contributed by atoms with Crippen molar-refractivity contribution in [2.24, 2.45) is 5.92 Å². The first-order chi connectivity index (χ1) is 7.74. The van der Waals surface area contributed by atoms with Gasteiger partial charge in [-0.15, -0.1) is 0 Å². The van der Waals surface area contributed by atoms with E-state index in [1.165, 1.54) is 12.8 Å². The summed E-state index contributed by atoms with van der Waals surface area (Å²) >= 11 is 0. The molecule has 1 aromatic heterocycles. The lowest BCUT2D eigenvalue weighted by Gasteiger charge is -1.97. The van der Waals surface area contributed by atoms with Crippen LogP contribution < -0.4 is 0 Å². The largest absolute Gasteiger partial charge is 0.478 e. The third-order valence-corrected chi connectivity index (χ3v) is 3.07. The van der Waals surface area contributed by atoms with Crippen LogP contribution in [0.25, 0.3) is 10.9 Å². The lowest BCUT2D eigenvalue weighted by molar-refractivity contribution is 0.0697. The Bertz CT molecular complexity index is 555. The van der Waals surface area contributed by atoms with E-state index in [4.69, 9.17) is 5.11 Å². The van der Waals surface area contributed by atoms with Gasteiger partial charge in [-0.2, -0.15) is 5.10 Å². The molecule has 2 aromatic rings. The standard InChI is InChI=1S/C12H12N2O2/c15-12(16)8-3-4-10-9(6-8)11(14-13-10)5-7-1-2-7/h3-4,6-7H,1-2,5H2,(H,13,14)(H,15,16). The predicted octanol–water partition coefficient (Wildman–Crippen LogP) is 2.21. The minimum atomic E-state index is -0.888. The average Bonchev–Trinajstić information content (AvgIpc) is 2.99. The van der Waals surface area contributed by atoms with E-state index in [1.54, 1.807) is 18.2 Å². The lowest BCUT2D eigenvalue weighted by Crippen LogP contribution is -1.95. The molecule has 0 unspecified atom stereocenters. The molecular formula is C12H12N2O2. The van der Waals surface area contributed by atoms with E-state index in [-0.39, 0.29) is 0 Å². The Morgan fingerprint density at radius 2 is 2.31 bits per heavy atom. The van der Waals surface area contributed by atoms with Crippen LogP contribution in [0, 0.1) is 5.92 Å². The van der Waals surface area contributed by atoms with Gasteiger partial charge in [-0.05, 0) is 43.4 Å². The molecule has 82 valence electrons. The molecule has 0 amide bonds. The summed E-state index contributed by atoms with van der Waals surface area (Å²) < 4.78 is 0. The molecule has 0 atom stereocenters. The molecule has 1 aliphatic rings. The van der Waals surface area contributed by atoms with Crippen LogP contribution in [-0.4, -0.2) is 21.3 Å². The fraction of sp³-hybridized carbons (Fsp3) is 0.333. The van der Waals surface area contributed by atoms with Crippen LogP contribution in [0.4, 0.5) is 0 Å². The fourth-order valence-corrected chi connectivity index (χ4v) is 1.96. The summed E-state index contributed by atoms with van der Waals surface area (Å²) in [4.78, 5) is 10.9. The molecule has 2 N–H and O–H groups in total. The Hall–Kier alpha value is -1.84. The molecule has 1 fully saturated rings. The maximum absolute atomic E-state index is 10.9. The zero-order valence-electron chi connectivity index (χ0n) is 8.73. The van der Waals surface area contributed by atoms with Crippen LogP contribution in [0.2, 0.25) is 0 Å². The topological polar surface area (TPSA) is 66.0 Å². The number of aromatic amines is 1. The number of nitrogens with one attached hydrogen (secondary N) is 1. The van der Waals surface area contributed by atoms with Crippen LogP contribution in [0.5, 0.6) is 0 Å². The summed E-state index contributed by atoms with van der Waals surface area (Å²) in [6, 6.07) is 5.05. The van der Waals surface area contributed by atoms with Crippen molar-refractivity contribution in [2.45, 2.75) is 19.3 Å². The SMILES string of the molecule is O=C(O)c1ccc2n[nH]c(CC3CC3)c2c1. The second kappa shape index (κ2) is 3.33. The molecule has 1 saturated carbocycles. The highest BCUT2D eigenvalue weighted by Gasteiger charge is 2.23. The molecule has 4 nitrogen and oxygen atoms in total. The zero-order chi connectivity index (χ0) is 11.1. The predicted molar refractivity (Wildman–Crippen MR) is 59.5 cm³/mol. The number of rotatable bonds is 3. The van der Waals surface area contributed by atoms with Gasteiger partial charge in [-0.1, -0.05) is 0 Å². The van der Waals surface area contributed by atoms with Gasteiger partial charge in [0.25, 0.3) is 0 Å². The Kier molecular flexibility index (Phi) is 1.96. The summed E-state index contributed by atoms with van der Waals surface area (Å²) in [5, 5.41) is 17.1. The highest BCUT2D eigenvalue weighted by molar-refractivity contribution is 5.94. The number of fused-ring (bicyclic) bond motifs is 1. The molecule has 1 heterocycles. The van der Waals surface area contributed by atoms with Crippen LogP contribution >= 0.6 is 0 Å². The van der Waals surface area contributed by atoms with Gasteiger partial charge in [0.2, 0.25) is 0 Å². The number of nitrogens with zero attached hydrogens (tertiary/aromatic N) is 1. The summed E-state index contributed by atoms with van der Waals surface area (Å²) in [7, 11) is 0. The van der Waals surface area contributed by atoms with Gasteiger partial charge in [0.15, 0.2) is 0 Å². The first-order valence-electron chi connectivity index (χ1n) is 5.44. The van der Waals surface area contributed by atoms with Gasteiger partial charge >= 0.3 is 5.97 Å². The lowest BCUT2D eigenvalue weighted by atomic mass is 10.1. The van der Waals surface area contributed by atoms with Crippen molar-refractivity contribution >= 4 is 16.9 Å². The smallest absolute Gasteiger partial charge is 0.335 e. The van der Waals surface area contributed by atoms with Crippen molar-refractivity contribution in [2.75, 3.05) is 0 Å². The first-order valence-corrected chi connectivity index (χ1v) is 5.44. The van der Waals surface area contributed by atoms with Crippen molar-refractivity contribution in [3.05, 3.63) is 29.5 Å². The van der Waals surface area contributed by atoms with E-state index in [1.807, 2.05) is 0 Å². The van der Waals surface area contributed by atoms with Crippen molar-refractivity contribution in [3.8, 4) is 0 Å². The summed E-state index contributed by atoms with van der Waals surface area (Å²) in [5.41, 5.74) is 2.24. The molecule has 0 radical (unpaired) electrons. The maximum Gasteiger partial charge on any atom is 0.335 e. The molecule has 1 aliphatic carbocycles. The van der Waals surface area contributed by atoms with Gasteiger partial charge in [0.1, 0.15) is 0 Å². The van der Waals surface area contributed by atoms with Gasteiger partial charge in [0, 0.05) is 11.1 Å². The number of aromatic nitrogens is 2. The third-order valence-electron chi connectivity index (χ3n) is 3.07. The highest BCUT2D eigenvalue weighted by atomic mass is 16.4. The number of hydrogen-bond acceptors (Lipinski definition) is 2. The Morgan fingerprint density at radius 3 is 3.00 bits per heavy atom. The van der Waals surface area contributed by atoms with Crippen molar-refractivity contribution in [1.82, 2.24) is 10.2 Å². The maximum atomic E-state index is 10.9. The molecule has 0 aliphatic heterocycles. The van der Waals surface area contributed by atoms with Crippen LogP contribution in [-0.2, 0) is 6.42 Å². The van der Waals surface area contributed by atoms with Crippen molar-refractivity contribution in [3.63, 3.8) is 0 Å². The fourth-order valence-electron chi connectivity index (χ4n) is 1.96. The minimum absolute atomic E-state index is 0.325. The summed E-state index contributed by atoms with van der Waals surface area (Å²) in [6.45, 7) is 0. The number of benzene rings is 1. The Labute approximate surface area is 92.3 Å². The summed E-state index contributed by atoms with van der Waals surface area (Å²) in [6.07, 6.45) is 3.54. The van der Waals surface area contributed by atoms with Crippen LogP contribution in [0.1, 0.15) is 28.9 Å². The molecule has 0 saturated heterocycles.